The van der Waals surface area contributed by atoms with Crippen molar-refractivity contribution in [3.63, 3.8) is 0 Å². The molecule has 0 unspecified atom stereocenters. The van der Waals surface area contributed by atoms with Crippen LogP contribution in [-0.4, -0.2) is 22.8 Å². The smallest absolute Gasteiger partial charge is 0.303 e. The van der Waals surface area contributed by atoms with Crippen LogP contribution in [0.5, 0.6) is 0 Å². The first kappa shape index (κ1) is 9.43. The maximum atomic E-state index is 9.97. The van der Waals surface area contributed by atoms with Crippen LogP contribution in [0, 0.1) is 6.42 Å². The van der Waals surface area contributed by atoms with Crippen LogP contribution < -0.4 is 0 Å². The fraction of sp³-hybridized carbons (Fsp3) is 0.714. The molecular formula is C7H13O3. The number of unbranched alkanes of at least 4 members (excludes halogenated alkanes) is 3. The van der Waals surface area contributed by atoms with E-state index in [2.05, 4.69) is 0 Å². The number of hydrogen-bond donors (Lipinski definition) is 2. The quantitative estimate of drug-likeness (QED) is 0.544. The molecule has 0 spiro atoms. The zero-order valence-corrected chi connectivity index (χ0v) is 5.92. The molecule has 3 heteroatoms. The molecule has 0 fully saturated rings. The third kappa shape index (κ3) is 7.43. The molecule has 1 radical (unpaired) electrons. The molecule has 0 aromatic carbocycles. The lowest BCUT2D eigenvalue weighted by Crippen LogP contribution is -1.94. The van der Waals surface area contributed by atoms with E-state index in [1.165, 1.54) is 0 Å². The highest BCUT2D eigenvalue weighted by molar-refractivity contribution is 5.66. The summed E-state index contributed by atoms with van der Waals surface area (Å²) in [5, 5.41) is 16.5. The number of rotatable bonds is 6. The van der Waals surface area contributed by atoms with Gasteiger partial charge in [-0.3, -0.25) is 4.79 Å². The second-order valence-corrected chi connectivity index (χ2v) is 2.09. The number of aliphatic carboxylic acids is 1. The fourth-order valence-corrected chi connectivity index (χ4v) is 0.633. The first-order chi connectivity index (χ1) is 4.77. The van der Waals surface area contributed by atoms with Crippen molar-refractivity contribution in [1.29, 1.82) is 0 Å². The lowest BCUT2D eigenvalue weighted by Gasteiger charge is -1.94. The molecule has 0 aliphatic rings. The molecule has 10 heavy (non-hydrogen) atoms. The monoisotopic (exact) mass is 145 g/mol. The summed E-state index contributed by atoms with van der Waals surface area (Å²) >= 11 is 0. The third-order valence-electron chi connectivity index (χ3n) is 1.13. The molecule has 3 nitrogen and oxygen atoms in total. The molecule has 0 amide bonds. The summed E-state index contributed by atoms with van der Waals surface area (Å²) in [5.74, 6) is -0.752. The Bertz CT molecular complexity index is 90.9. The largest absolute Gasteiger partial charge is 0.481 e. The van der Waals surface area contributed by atoms with Gasteiger partial charge in [-0.1, -0.05) is 0 Å². The molecule has 0 atom stereocenters. The van der Waals surface area contributed by atoms with Crippen molar-refractivity contribution in [1.82, 2.24) is 0 Å². The molecule has 0 aliphatic carbocycles. The summed E-state index contributed by atoms with van der Waals surface area (Å²) in [6.07, 6.45) is 4.26. The molecule has 0 aliphatic heterocycles. The van der Waals surface area contributed by atoms with Gasteiger partial charge < -0.3 is 10.2 Å². The van der Waals surface area contributed by atoms with E-state index in [4.69, 9.17) is 10.2 Å². The van der Waals surface area contributed by atoms with Gasteiger partial charge in [-0.2, -0.15) is 0 Å². The zero-order chi connectivity index (χ0) is 7.82. The van der Waals surface area contributed by atoms with Gasteiger partial charge in [0.05, 0.1) is 0 Å². The van der Waals surface area contributed by atoms with Crippen LogP contribution in [-0.2, 0) is 4.79 Å². The van der Waals surface area contributed by atoms with Crippen molar-refractivity contribution in [2.45, 2.75) is 25.7 Å². The van der Waals surface area contributed by atoms with Crippen LogP contribution in [0.3, 0.4) is 0 Å². The van der Waals surface area contributed by atoms with Crippen molar-refractivity contribution < 1.29 is 15.0 Å². The molecule has 0 aromatic rings. The Morgan fingerprint density at radius 1 is 1.40 bits per heavy atom. The average molecular weight is 145 g/mol. The van der Waals surface area contributed by atoms with Gasteiger partial charge in [0.1, 0.15) is 0 Å². The van der Waals surface area contributed by atoms with Gasteiger partial charge in [-0.15, -0.1) is 0 Å². The van der Waals surface area contributed by atoms with Gasteiger partial charge in [0, 0.05) is 13.0 Å². The van der Waals surface area contributed by atoms with Crippen molar-refractivity contribution >= 4 is 5.97 Å². The molecule has 59 valence electrons. The molecule has 0 saturated carbocycles. The normalized spacial score (nSPS) is 9.70. The fourth-order valence-electron chi connectivity index (χ4n) is 0.633. The van der Waals surface area contributed by atoms with Gasteiger partial charge in [-0.05, 0) is 25.7 Å². The van der Waals surface area contributed by atoms with Gasteiger partial charge in [0.25, 0.3) is 0 Å². The van der Waals surface area contributed by atoms with E-state index in [1.54, 1.807) is 0 Å². The van der Waals surface area contributed by atoms with Gasteiger partial charge in [0.15, 0.2) is 0 Å². The predicted octanol–water partition coefficient (Wildman–Crippen LogP) is 0.828. The Labute approximate surface area is 60.7 Å². The van der Waals surface area contributed by atoms with Crippen molar-refractivity contribution in [3.05, 3.63) is 6.42 Å². The molecule has 0 rings (SSSR count). The van der Waals surface area contributed by atoms with Crippen LogP contribution >= 0.6 is 0 Å². The van der Waals surface area contributed by atoms with Crippen LogP contribution in [0.1, 0.15) is 25.7 Å². The Morgan fingerprint density at radius 3 is 2.60 bits per heavy atom. The van der Waals surface area contributed by atoms with Crippen molar-refractivity contribution in [2.24, 2.45) is 0 Å². The molecule has 0 aromatic heterocycles. The van der Waals surface area contributed by atoms with Gasteiger partial charge >= 0.3 is 5.97 Å². The minimum absolute atomic E-state index is 0.160. The summed E-state index contributed by atoms with van der Waals surface area (Å²) in [6, 6.07) is 0. The summed E-state index contributed by atoms with van der Waals surface area (Å²) in [5.41, 5.74) is 0. The standard InChI is InChI=1S/C7H13O3/c8-6-4-2-1-3-5-7(9)10/h2,8H,1,3-6H2,(H,9,10). The highest BCUT2D eigenvalue weighted by Gasteiger charge is 1.95. The number of carbonyl (C=O) groups is 1. The first-order valence-electron chi connectivity index (χ1n) is 3.41. The van der Waals surface area contributed by atoms with E-state index >= 15 is 0 Å². The minimum Gasteiger partial charge on any atom is -0.481 e. The van der Waals surface area contributed by atoms with Crippen LogP contribution in [0.4, 0.5) is 0 Å². The Hall–Kier alpha value is -0.570. The van der Waals surface area contributed by atoms with Crippen molar-refractivity contribution in [2.75, 3.05) is 6.61 Å². The molecule has 0 bridgehead atoms. The second kappa shape index (κ2) is 6.55. The van der Waals surface area contributed by atoms with E-state index in [-0.39, 0.29) is 13.0 Å². The van der Waals surface area contributed by atoms with Crippen molar-refractivity contribution in [3.8, 4) is 0 Å². The summed E-state index contributed by atoms with van der Waals surface area (Å²) < 4.78 is 0. The number of carboxylic acids is 1. The Kier molecular flexibility index (Phi) is 6.18. The molecule has 0 saturated heterocycles. The summed E-state index contributed by atoms with van der Waals surface area (Å²) in [6.45, 7) is 0.160. The van der Waals surface area contributed by atoms with E-state index in [0.717, 1.165) is 6.42 Å². The highest BCUT2D eigenvalue weighted by atomic mass is 16.4. The maximum Gasteiger partial charge on any atom is 0.303 e. The first-order valence-corrected chi connectivity index (χ1v) is 3.41. The topological polar surface area (TPSA) is 57.5 Å². The lowest BCUT2D eigenvalue weighted by molar-refractivity contribution is -0.137. The number of aliphatic hydroxyl groups is 1. The third-order valence-corrected chi connectivity index (χ3v) is 1.13. The SMILES string of the molecule is O=C(O)CCC[CH]CCO. The molecular weight excluding hydrogens is 132 g/mol. The minimum atomic E-state index is -0.752. The highest BCUT2D eigenvalue weighted by Crippen LogP contribution is 2.00. The van der Waals surface area contributed by atoms with E-state index in [0.29, 0.717) is 12.8 Å². The summed E-state index contributed by atoms with van der Waals surface area (Å²) in [4.78, 5) is 9.97. The Morgan fingerprint density at radius 2 is 2.10 bits per heavy atom. The van der Waals surface area contributed by atoms with E-state index < -0.39 is 5.97 Å². The molecule has 2 N–H and O–H groups in total. The summed E-state index contributed by atoms with van der Waals surface area (Å²) in [7, 11) is 0. The van der Waals surface area contributed by atoms with Gasteiger partial charge in [-0.25, -0.2) is 0 Å². The van der Waals surface area contributed by atoms with Gasteiger partial charge in [0.2, 0.25) is 0 Å². The van der Waals surface area contributed by atoms with E-state index in [9.17, 15) is 4.79 Å². The van der Waals surface area contributed by atoms with Crippen LogP contribution in [0.2, 0.25) is 0 Å². The molecule has 0 heterocycles. The predicted molar refractivity (Wildman–Crippen MR) is 37.5 cm³/mol. The van der Waals surface area contributed by atoms with Crippen LogP contribution in [0.25, 0.3) is 0 Å². The number of carboxylic acid groups (broad SMARTS) is 1. The maximum absolute atomic E-state index is 9.97. The second-order valence-electron chi connectivity index (χ2n) is 2.09. The zero-order valence-electron chi connectivity index (χ0n) is 5.92. The average Bonchev–Trinajstić information content (AvgIpc) is 1.87. The Balaban J connectivity index is 2.84. The number of aliphatic hydroxyl groups excluding tert-OH is 1. The lowest BCUT2D eigenvalue weighted by atomic mass is 10.1. The van der Waals surface area contributed by atoms with E-state index in [1.807, 2.05) is 6.42 Å². The number of hydrogen-bond acceptors (Lipinski definition) is 2. The van der Waals surface area contributed by atoms with Crippen LogP contribution in [0.15, 0.2) is 0 Å².